The fraction of sp³-hybridized carbons (Fsp3) is 0.293. The van der Waals surface area contributed by atoms with Gasteiger partial charge in [-0.1, -0.05) is 140 Å². The number of rotatable bonds is 6. The molecule has 0 bridgehead atoms. The average molecular weight is 805 g/mol. The van der Waals surface area contributed by atoms with Gasteiger partial charge in [0, 0.05) is 46.1 Å². The van der Waals surface area contributed by atoms with Crippen molar-refractivity contribution in [2.45, 2.75) is 79.1 Å². The molecule has 6 heteroatoms. The molecular weight excluding hydrogens is 759 g/mol. The van der Waals surface area contributed by atoms with Crippen LogP contribution in [0.25, 0.3) is 21.8 Å². The molecule has 7 rings (SSSR count). The first-order valence-corrected chi connectivity index (χ1v) is 16.6. The Labute approximate surface area is 296 Å². The zero-order valence-corrected chi connectivity index (χ0v) is 30.8. The van der Waals surface area contributed by atoms with Gasteiger partial charge >= 0.3 is 0 Å². The van der Waals surface area contributed by atoms with Gasteiger partial charge in [0.15, 0.2) is 0 Å². The smallest absolute Gasteiger partial charge is 0.145 e. The summed E-state index contributed by atoms with van der Waals surface area (Å²) in [6.07, 6.45) is 3.60. The Balaban J connectivity index is 0.000000256. The molecule has 6 aromatic rings. The molecule has 5 nitrogen and oxygen atoms in total. The zero-order chi connectivity index (χ0) is 32.5. The third-order valence-corrected chi connectivity index (χ3v) is 8.85. The van der Waals surface area contributed by atoms with Gasteiger partial charge in [0.25, 0.3) is 0 Å². The van der Waals surface area contributed by atoms with Gasteiger partial charge in [-0.15, -0.1) is 17.7 Å². The quantitative estimate of drug-likeness (QED) is 0.124. The van der Waals surface area contributed by atoms with Crippen molar-refractivity contribution >= 4 is 44.8 Å². The minimum Gasteiger partial charge on any atom is -0.657 e. The number of para-hydroxylation sites is 4. The maximum Gasteiger partial charge on any atom is 0.145 e. The van der Waals surface area contributed by atoms with Crippen molar-refractivity contribution in [3.05, 3.63) is 126 Å². The van der Waals surface area contributed by atoms with Crippen molar-refractivity contribution in [3.8, 4) is 0 Å². The third kappa shape index (κ3) is 6.62. The molecule has 0 fully saturated rings. The van der Waals surface area contributed by atoms with E-state index in [-0.39, 0.29) is 22.4 Å². The van der Waals surface area contributed by atoms with E-state index in [1.165, 1.54) is 44.4 Å². The molecule has 0 saturated heterocycles. The van der Waals surface area contributed by atoms with Crippen molar-refractivity contribution in [3.63, 3.8) is 0 Å². The van der Waals surface area contributed by atoms with Crippen molar-refractivity contribution in [2.75, 3.05) is 9.80 Å². The Kier molecular flexibility index (Phi) is 10.6. The largest absolute Gasteiger partial charge is 0.657 e. The predicted molar refractivity (Wildman–Crippen MR) is 195 cm³/mol. The molecule has 0 spiro atoms. The van der Waals surface area contributed by atoms with Gasteiger partial charge in [0.2, 0.25) is 0 Å². The zero-order valence-electron chi connectivity index (χ0n) is 28.7. The average Bonchev–Trinajstić information content (AvgIpc) is 3.63. The summed E-state index contributed by atoms with van der Waals surface area (Å²) < 4.78 is 0. The van der Waals surface area contributed by atoms with Crippen LogP contribution in [0, 0.1) is 6.67 Å². The molecule has 0 atom stereocenters. The minimum absolute atomic E-state index is 0. The van der Waals surface area contributed by atoms with Gasteiger partial charge in [0.05, 0.1) is 0 Å². The SMILES string of the molecule is CC(C)c1cccc(C(C)C)c1N1[CH-]N(c2c(C(C)C)cccc2C(C)C)c2nccnc21.[Au].c1ccc2c(c1)[n-]c1ccccc12. The van der Waals surface area contributed by atoms with Crippen LogP contribution in [0.3, 0.4) is 0 Å². The third-order valence-electron chi connectivity index (χ3n) is 8.85. The summed E-state index contributed by atoms with van der Waals surface area (Å²) in [6, 6.07) is 29.9. The first kappa shape index (κ1) is 34.4. The molecule has 1 aliphatic heterocycles. The maximum atomic E-state index is 4.83. The molecule has 0 N–H and O–H groups in total. The summed E-state index contributed by atoms with van der Waals surface area (Å²) >= 11 is 0. The first-order valence-electron chi connectivity index (χ1n) is 16.6. The maximum absolute atomic E-state index is 4.83. The summed E-state index contributed by atoms with van der Waals surface area (Å²) in [6.45, 7) is 20.3. The van der Waals surface area contributed by atoms with E-state index >= 15 is 0 Å². The van der Waals surface area contributed by atoms with Gasteiger partial charge < -0.3 is 14.8 Å². The minimum atomic E-state index is 0. The van der Waals surface area contributed by atoms with Crippen LogP contribution >= 0.6 is 0 Å². The Morgan fingerprint density at radius 1 is 0.489 bits per heavy atom. The van der Waals surface area contributed by atoms with Crippen molar-refractivity contribution in [1.82, 2.24) is 15.0 Å². The molecule has 47 heavy (non-hydrogen) atoms. The van der Waals surface area contributed by atoms with Crippen molar-refractivity contribution < 1.29 is 22.4 Å². The van der Waals surface area contributed by atoms with E-state index in [4.69, 9.17) is 9.97 Å². The Hall–Kier alpha value is -3.90. The van der Waals surface area contributed by atoms with Gasteiger partial charge in [-0.2, -0.15) is 0 Å². The van der Waals surface area contributed by atoms with Crippen LogP contribution in [0.1, 0.15) is 101 Å². The summed E-state index contributed by atoms with van der Waals surface area (Å²) in [4.78, 5) is 18.7. The molecule has 0 amide bonds. The Morgan fingerprint density at radius 3 is 1.17 bits per heavy atom. The van der Waals surface area contributed by atoms with Crippen LogP contribution in [0.15, 0.2) is 97.3 Å². The fourth-order valence-electron chi connectivity index (χ4n) is 6.52. The van der Waals surface area contributed by atoms with Gasteiger partial charge in [-0.3, -0.25) is 0 Å². The normalized spacial score (nSPS) is 12.7. The van der Waals surface area contributed by atoms with Crippen LogP contribution < -0.4 is 14.8 Å². The number of fused-ring (bicyclic) bond motifs is 4. The molecule has 247 valence electrons. The number of hydrogen-bond acceptors (Lipinski definition) is 4. The molecule has 0 aliphatic carbocycles. The summed E-state index contributed by atoms with van der Waals surface area (Å²) in [5, 5.41) is 2.50. The molecule has 1 aliphatic rings. The number of anilines is 4. The molecule has 2 aromatic heterocycles. The molecular formula is C41H45AuN5-2. The number of nitrogens with zero attached hydrogens (tertiary/aromatic N) is 5. The molecule has 3 heterocycles. The number of hydrogen-bond donors (Lipinski definition) is 0. The summed E-state index contributed by atoms with van der Waals surface area (Å²) in [5.41, 5.74) is 9.97. The van der Waals surface area contributed by atoms with Crippen LogP contribution in [-0.2, 0) is 22.4 Å². The molecule has 0 saturated carbocycles. The van der Waals surface area contributed by atoms with E-state index in [0.717, 1.165) is 22.7 Å². The van der Waals surface area contributed by atoms with Crippen LogP contribution in [0.4, 0.5) is 23.0 Å². The van der Waals surface area contributed by atoms with E-state index < -0.39 is 0 Å². The molecule has 1 radical (unpaired) electrons. The Bertz CT molecular complexity index is 1780. The van der Waals surface area contributed by atoms with Crippen molar-refractivity contribution in [1.29, 1.82) is 0 Å². The number of aromatic nitrogens is 3. The van der Waals surface area contributed by atoms with Crippen molar-refractivity contribution in [2.24, 2.45) is 0 Å². The van der Waals surface area contributed by atoms with Crippen LogP contribution in [0.2, 0.25) is 0 Å². The van der Waals surface area contributed by atoms with Gasteiger partial charge in [0.1, 0.15) is 11.6 Å². The second-order valence-electron chi connectivity index (χ2n) is 13.4. The second-order valence-corrected chi connectivity index (χ2v) is 13.4. The topological polar surface area (TPSA) is 46.4 Å². The van der Waals surface area contributed by atoms with E-state index in [9.17, 15) is 0 Å². The number of benzene rings is 4. The Morgan fingerprint density at radius 2 is 0.830 bits per heavy atom. The monoisotopic (exact) mass is 804 g/mol. The molecule has 0 unspecified atom stereocenters. The standard InChI is InChI=1S/C29H37N4.C12H8N.Au/c1-18(2)22-11-9-12-23(19(3)4)26(22)32-17-33(29-28(32)30-15-16-31-29)27-24(20(5)6)13-10-14-25(27)21(7)8;1-3-7-11-9(5-1)10-6-2-4-8-12(10)13-11;/h9-21H,1-8H3;1-8H;/q2*-1;. The van der Waals surface area contributed by atoms with Crippen LogP contribution in [-0.4, -0.2) is 9.97 Å². The van der Waals surface area contributed by atoms with E-state index in [0.29, 0.717) is 23.7 Å². The first-order chi connectivity index (χ1) is 22.2. The van der Waals surface area contributed by atoms with E-state index in [1.807, 2.05) is 12.1 Å². The van der Waals surface area contributed by atoms with E-state index in [2.05, 4.69) is 150 Å². The van der Waals surface area contributed by atoms with Gasteiger partial charge in [-0.25, -0.2) is 9.97 Å². The molecule has 4 aromatic carbocycles. The second kappa shape index (κ2) is 14.5. The van der Waals surface area contributed by atoms with E-state index in [1.54, 1.807) is 12.4 Å². The van der Waals surface area contributed by atoms with Gasteiger partial charge in [-0.05, 0) is 56.7 Å². The summed E-state index contributed by atoms with van der Waals surface area (Å²) in [5.74, 6) is 3.37. The predicted octanol–water partition coefficient (Wildman–Crippen LogP) is 11.3. The fourth-order valence-corrected chi connectivity index (χ4v) is 6.52. The van der Waals surface area contributed by atoms with Crippen LogP contribution in [0.5, 0.6) is 0 Å². The summed E-state index contributed by atoms with van der Waals surface area (Å²) in [7, 11) is 0.